The lowest BCUT2D eigenvalue weighted by molar-refractivity contribution is -0.138. The molecule has 1 amide bonds. The average molecular weight is 304 g/mol. The molecule has 2 N–H and O–H groups in total. The molecule has 1 heterocycles. The summed E-state index contributed by atoms with van der Waals surface area (Å²) < 4.78 is 5.72. The van der Waals surface area contributed by atoms with Crippen LogP contribution in [0.4, 0.5) is 0 Å². The molecule has 3 atom stereocenters. The molecule has 0 saturated carbocycles. The van der Waals surface area contributed by atoms with Crippen LogP contribution in [0.5, 0.6) is 5.75 Å². The molecule has 120 valence electrons. The standard InChI is InChI=1S/C17H24N2O3/c1-11-7-14(9-18)10-19(11)17(21)13(3)22-16-6-4-5-15(8-16)12(2)20/h4-6,8,11,13-14H,7,9-10,18H2,1-3H3. The van der Waals surface area contributed by atoms with Crippen molar-refractivity contribution in [3.63, 3.8) is 0 Å². The van der Waals surface area contributed by atoms with E-state index in [1.165, 1.54) is 6.92 Å². The number of Topliss-reactive ketones (excluding diaryl/α,β-unsaturated/α-hetero) is 1. The van der Waals surface area contributed by atoms with Crippen LogP contribution < -0.4 is 10.5 Å². The van der Waals surface area contributed by atoms with Gasteiger partial charge in [0.05, 0.1) is 0 Å². The molecule has 0 radical (unpaired) electrons. The zero-order valence-corrected chi connectivity index (χ0v) is 13.4. The molecule has 0 spiro atoms. The van der Waals surface area contributed by atoms with Gasteiger partial charge >= 0.3 is 0 Å². The van der Waals surface area contributed by atoms with E-state index in [-0.39, 0.29) is 17.7 Å². The number of carbonyl (C=O) groups excluding carboxylic acids is 2. The second-order valence-corrected chi connectivity index (χ2v) is 6.02. The van der Waals surface area contributed by atoms with Crippen molar-refractivity contribution in [1.82, 2.24) is 4.90 Å². The highest BCUT2D eigenvalue weighted by molar-refractivity contribution is 5.94. The van der Waals surface area contributed by atoms with Gasteiger partial charge in [-0.15, -0.1) is 0 Å². The molecular weight excluding hydrogens is 280 g/mol. The number of carbonyl (C=O) groups is 2. The second kappa shape index (κ2) is 6.92. The van der Waals surface area contributed by atoms with Gasteiger partial charge in [-0.25, -0.2) is 0 Å². The number of ether oxygens (including phenoxy) is 1. The second-order valence-electron chi connectivity index (χ2n) is 6.02. The van der Waals surface area contributed by atoms with Crippen LogP contribution in [-0.2, 0) is 4.79 Å². The van der Waals surface area contributed by atoms with E-state index < -0.39 is 6.10 Å². The molecule has 0 bridgehead atoms. The van der Waals surface area contributed by atoms with Gasteiger partial charge in [-0.1, -0.05) is 12.1 Å². The van der Waals surface area contributed by atoms with Crippen LogP contribution >= 0.6 is 0 Å². The van der Waals surface area contributed by atoms with Crippen LogP contribution in [-0.4, -0.2) is 41.8 Å². The summed E-state index contributed by atoms with van der Waals surface area (Å²) in [7, 11) is 0. The fourth-order valence-corrected chi connectivity index (χ4v) is 2.90. The normalized spacial score (nSPS) is 22.5. The Morgan fingerprint density at radius 3 is 2.77 bits per heavy atom. The fourth-order valence-electron chi connectivity index (χ4n) is 2.90. The van der Waals surface area contributed by atoms with Crippen LogP contribution in [0.3, 0.4) is 0 Å². The zero-order chi connectivity index (χ0) is 16.3. The zero-order valence-electron chi connectivity index (χ0n) is 13.4. The van der Waals surface area contributed by atoms with E-state index in [2.05, 4.69) is 0 Å². The van der Waals surface area contributed by atoms with Gasteiger partial charge in [-0.05, 0) is 51.8 Å². The number of ketones is 1. The molecule has 1 aliphatic heterocycles. The van der Waals surface area contributed by atoms with E-state index >= 15 is 0 Å². The lowest BCUT2D eigenvalue weighted by Crippen LogP contribution is -2.42. The van der Waals surface area contributed by atoms with Crippen molar-refractivity contribution in [2.75, 3.05) is 13.1 Å². The lowest BCUT2D eigenvalue weighted by Gasteiger charge is -2.25. The van der Waals surface area contributed by atoms with E-state index in [1.807, 2.05) is 11.8 Å². The Morgan fingerprint density at radius 2 is 2.18 bits per heavy atom. The summed E-state index contributed by atoms with van der Waals surface area (Å²) in [5.41, 5.74) is 6.28. The van der Waals surface area contributed by atoms with Crippen LogP contribution in [0, 0.1) is 5.92 Å². The van der Waals surface area contributed by atoms with E-state index in [9.17, 15) is 9.59 Å². The Labute approximate surface area is 131 Å². The van der Waals surface area contributed by atoms with E-state index in [1.54, 1.807) is 31.2 Å². The molecule has 22 heavy (non-hydrogen) atoms. The number of hydrogen-bond acceptors (Lipinski definition) is 4. The van der Waals surface area contributed by atoms with Gasteiger partial charge in [0, 0.05) is 18.2 Å². The monoisotopic (exact) mass is 304 g/mol. The number of likely N-dealkylation sites (tertiary alicyclic amines) is 1. The summed E-state index contributed by atoms with van der Waals surface area (Å²) in [5, 5.41) is 0. The minimum Gasteiger partial charge on any atom is -0.481 e. The van der Waals surface area contributed by atoms with Gasteiger partial charge < -0.3 is 15.4 Å². The summed E-state index contributed by atoms with van der Waals surface area (Å²) in [4.78, 5) is 25.8. The van der Waals surface area contributed by atoms with Crippen LogP contribution in [0.15, 0.2) is 24.3 Å². The van der Waals surface area contributed by atoms with Gasteiger partial charge in [0.25, 0.3) is 5.91 Å². The number of benzene rings is 1. The van der Waals surface area contributed by atoms with Gasteiger partial charge in [0.2, 0.25) is 0 Å². The smallest absolute Gasteiger partial charge is 0.263 e. The fraction of sp³-hybridized carbons (Fsp3) is 0.529. The van der Waals surface area contributed by atoms with Crippen molar-refractivity contribution in [3.05, 3.63) is 29.8 Å². The van der Waals surface area contributed by atoms with E-state index in [4.69, 9.17) is 10.5 Å². The number of nitrogens with zero attached hydrogens (tertiary/aromatic N) is 1. The van der Waals surface area contributed by atoms with Gasteiger partial charge in [0.1, 0.15) is 5.75 Å². The maximum absolute atomic E-state index is 12.5. The number of rotatable bonds is 5. The first-order chi connectivity index (χ1) is 10.4. The molecule has 5 nitrogen and oxygen atoms in total. The molecule has 1 aromatic rings. The lowest BCUT2D eigenvalue weighted by atomic mass is 10.1. The van der Waals surface area contributed by atoms with E-state index in [0.29, 0.717) is 30.3 Å². The summed E-state index contributed by atoms with van der Waals surface area (Å²) in [5.74, 6) is 0.850. The van der Waals surface area contributed by atoms with Crippen molar-refractivity contribution in [1.29, 1.82) is 0 Å². The minimum absolute atomic E-state index is 0.0246. The number of amides is 1. The predicted octanol–water partition coefficient (Wildman–Crippen LogP) is 1.85. The van der Waals surface area contributed by atoms with Crippen molar-refractivity contribution in [2.45, 2.75) is 39.3 Å². The van der Waals surface area contributed by atoms with Gasteiger partial charge in [-0.3, -0.25) is 9.59 Å². The molecule has 1 fully saturated rings. The molecule has 5 heteroatoms. The Kier molecular flexibility index (Phi) is 5.19. The number of hydrogen-bond donors (Lipinski definition) is 1. The minimum atomic E-state index is -0.582. The Hall–Kier alpha value is -1.88. The molecule has 3 unspecified atom stereocenters. The summed E-state index contributed by atoms with van der Waals surface area (Å²) >= 11 is 0. The molecule has 0 aliphatic carbocycles. The Bertz CT molecular complexity index is 559. The summed E-state index contributed by atoms with van der Waals surface area (Å²) in [6.07, 6.45) is 0.357. The SMILES string of the molecule is CC(=O)c1cccc(OC(C)C(=O)N2CC(CN)CC2C)c1. The van der Waals surface area contributed by atoms with Gasteiger partial charge in [-0.2, -0.15) is 0 Å². The first kappa shape index (κ1) is 16.5. The molecule has 1 aromatic carbocycles. The van der Waals surface area contributed by atoms with Gasteiger partial charge in [0.15, 0.2) is 11.9 Å². The molecular formula is C17H24N2O3. The Balaban J connectivity index is 2.02. The average Bonchev–Trinajstić information content (AvgIpc) is 2.87. The van der Waals surface area contributed by atoms with Crippen LogP contribution in [0.2, 0.25) is 0 Å². The predicted molar refractivity (Wildman–Crippen MR) is 84.9 cm³/mol. The summed E-state index contributed by atoms with van der Waals surface area (Å²) in [6, 6.07) is 7.10. The van der Waals surface area contributed by atoms with Crippen molar-refractivity contribution < 1.29 is 14.3 Å². The molecule has 1 saturated heterocycles. The maximum Gasteiger partial charge on any atom is 0.263 e. The number of nitrogens with two attached hydrogens (primary N) is 1. The first-order valence-electron chi connectivity index (χ1n) is 7.70. The summed E-state index contributed by atoms with van der Waals surface area (Å²) in [6.45, 7) is 6.58. The van der Waals surface area contributed by atoms with Crippen molar-refractivity contribution in [2.24, 2.45) is 11.7 Å². The highest BCUT2D eigenvalue weighted by Gasteiger charge is 2.34. The van der Waals surface area contributed by atoms with Crippen LogP contribution in [0.25, 0.3) is 0 Å². The molecule has 1 aliphatic rings. The highest BCUT2D eigenvalue weighted by Crippen LogP contribution is 2.24. The maximum atomic E-state index is 12.5. The van der Waals surface area contributed by atoms with Crippen LogP contribution in [0.1, 0.15) is 37.6 Å². The van der Waals surface area contributed by atoms with E-state index in [0.717, 1.165) is 6.42 Å². The van der Waals surface area contributed by atoms with Crippen molar-refractivity contribution >= 4 is 11.7 Å². The molecule has 0 aromatic heterocycles. The Morgan fingerprint density at radius 1 is 1.45 bits per heavy atom. The van der Waals surface area contributed by atoms with Crippen molar-refractivity contribution in [3.8, 4) is 5.75 Å². The third-order valence-corrected chi connectivity index (χ3v) is 4.18. The first-order valence-corrected chi connectivity index (χ1v) is 7.70. The largest absolute Gasteiger partial charge is 0.481 e. The molecule has 2 rings (SSSR count). The third-order valence-electron chi connectivity index (χ3n) is 4.18. The quantitative estimate of drug-likeness (QED) is 0.843. The topological polar surface area (TPSA) is 72.6 Å². The third kappa shape index (κ3) is 3.65. The highest BCUT2D eigenvalue weighted by atomic mass is 16.5.